The molecule has 3 N–H and O–H groups in total. The maximum Gasteiger partial charge on any atom is 0.251 e. The second-order valence-electron chi connectivity index (χ2n) is 3.99. The van der Waals surface area contributed by atoms with Crippen LogP contribution in [0.25, 0.3) is 0 Å². The number of hydrogen-bond acceptors (Lipinski definition) is 4. The van der Waals surface area contributed by atoms with E-state index >= 15 is 0 Å². The molecule has 0 aliphatic heterocycles. The van der Waals surface area contributed by atoms with Crippen LogP contribution in [-0.4, -0.2) is 10.9 Å². The predicted molar refractivity (Wildman–Crippen MR) is 78.5 cm³/mol. The standard InChI is InChI=1S/C13H14ClN3OS/c1-2-9-6-16-12(19-9)7-17-13(18)8-3-4-11(15)10(14)5-8/h3-6H,2,7,15H2,1H3,(H,17,18). The summed E-state index contributed by atoms with van der Waals surface area (Å²) >= 11 is 7.49. The number of amides is 1. The van der Waals surface area contributed by atoms with Crippen molar-refractivity contribution < 1.29 is 4.79 Å². The number of halogens is 1. The van der Waals surface area contributed by atoms with E-state index in [2.05, 4.69) is 17.2 Å². The molecule has 0 aliphatic rings. The quantitative estimate of drug-likeness (QED) is 0.852. The molecule has 0 bridgehead atoms. The van der Waals surface area contributed by atoms with Gasteiger partial charge in [-0.2, -0.15) is 0 Å². The zero-order chi connectivity index (χ0) is 13.8. The Morgan fingerprint density at radius 1 is 1.53 bits per heavy atom. The Balaban J connectivity index is 1.99. The summed E-state index contributed by atoms with van der Waals surface area (Å²) < 4.78 is 0. The molecule has 0 spiro atoms. The Morgan fingerprint density at radius 3 is 2.95 bits per heavy atom. The minimum atomic E-state index is -0.185. The van der Waals surface area contributed by atoms with Crippen molar-refractivity contribution in [3.63, 3.8) is 0 Å². The zero-order valence-corrected chi connectivity index (χ0v) is 12.0. The first-order valence-corrected chi connectivity index (χ1v) is 7.06. The molecule has 2 rings (SSSR count). The summed E-state index contributed by atoms with van der Waals surface area (Å²) in [6, 6.07) is 4.83. The van der Waals surface area contributed by atoms with Crippen molar-refractivity contribution in [1.82, 2.24) is 10.3 Å². The van der Waals surface area contributed by atoms with E-state index in [4.69, 9.17) is 17.3 Å². The van der Waals surface area contributed by atoms with Crippen LogP contribution in [0, 0.1) is 0 Å². The molecule has 2 aromatic rings. The maximum absolute atomic E-state index is 11.9. The van der Waals surface area contributed by atoms with E-state index in [0.717, 1.165) is 11.4 Å². The van der Waals surface area contributed by atoms with Crippen LogP contribution in [-0.2, 0) is 13.0 Å². The number of hydrogen-bond donors (Lipinski definition) is 2. The molecule has 6 heteroatoms. The third-order valence-corrected chi connectivity index (χ3v) is 4.08. The Hall–Kier alpha value is -1.59. The van der Waals surface area contributed by atoms with Crippen molar-refractivity contribution >= 4 is 34.5 Å². The minimum Gasteiger partial charge on any atom is -0.398 e. The molecule has 1 amide bonds. The van der Waals surface area contributed by atoms with Crippen molar-refractivity contribution in [1.29, 1.82) is 0 Å². The van der Waals surface area contributed by atoms with Crippen LogP contribution in [0.4, 0.5) is 5.69 Å². The van der Waals surface area contributed by atoms with Gasteiger partial charge in [0.2, 0.25) is 0 Å². The first-order chi connectivity index (χ1) is 9.10. The van der Waals surface area contributed by atoms with Crippen LogP contribution in [0.15, 0.2) is 24.4 Å². The molecule has 4 nitrogen and oxygen atoms in total. The Labute approximate surface area is 120 Å². The molecule has 1 aromatic carbocycles. The molecule has 0 atom stereocenters. The summed E-state index contributed by atoms with van der Waals surface area (Å²) in [6.07, 6.45) is 2.80. The van der Waals surface area contributed by atoms with Crippen LogP contribution in [0.5, 0.6) is 0 Å². The summed E-state index contributed by atoms with van der Waals surface area (Å²) in [5.41, 5.74) is 6.56. The molecule has 19 heavy (non-hydrogen) atoms. The molecule has 0 saturated heterocycles. The van der Waals surface area contributed by atoms with Crippen LogP contribution >= 0.6 is 22.9 Å². The summed E-state index contributed by atoms with van der Waals surface area (Å²) in [5.74, 6) is -0.185. The highest BCUT2D eigenvalue weighted by Gasteiger charge is 2.08. The van der Waals surface area contributed by atoms with Gasteiger partial charge in [0, 0.05) is 16.6 Å². The van der Waals surface area contributed by atoms with Gasteiger partial charge in [0.25, 0.3) is 5.91 Å². The number of thiazole rings is 1. The SMILES string of the molecule is CCc1cnc(CNC(=O)c2ccc(N)c(Cl)c2)s1. The van der Waals surface area contributed by atoms with Crippen molar-refractivity contribution in [2.75, 3.05) is 5.73 Å². The maximum atomic E-state index is 11.9. The molecule has 0 fully saturated rings. The zero-order valence-electron chi connectivity index (χ0n) is 10.4. The number of carbonyl (C=O) groups is 1. The van der Waals surface area contributed by atoms with E-state index in [1.807, 2.05) is 6.20 Å². The first-order valence-electron chi connectivity index (χ1n) is 5.87. The van der Waals surface area contributed by atoms with Crippen LogP contribution in [0.1, 0.15) is 27.2 Å². The van der Waals surface area contributed by atoms with E-state index < -0.39 is 0 Å². The fourth-order valence-electron chi connectivity index (χ4n) is 1.52. The number of benzene rings is 1. The van der Waals surface area contributed by atoms with Gasteiger partial charge >= 0.3 is 0 Å². The van der Waals surface area contributed by atoms with Gasteiger partial charge in [-0.15, -0.1) is 11.3 Å². The third kappa shape index (κ3) is 3.45. The van der Waals surface area contributed by atoms with Gasteiger partial charge in [0.15, 0.2) is 0 Å². The summed E-state index contributed by atoms with van der Waals surface area (Å²) in [7, 11) is 0. The lowest BCUT2D eigenvalue weighted by molar-refractivity contribution is 0.0951. The number of aryl methyl sites for hydroxylation is 1. The predicted octanol–water partition coefficient (Wildman–Crippen LogP) is 2.87. The van der Waals surface area contributed by atoms with Gasteiger partial charge in [-0.3, -0.25) is 4.79 Å². The van der Waals surface area contributed by atoms with Crippen molar-refractivity contribution in [2.24, 2.45) is 0 Å². The lowest BCUT2D eigenvalue weighted by Crippen LogP contribution is -2.22. The second-order valence-corrected chi connectivity index (χ2v) is 5.60. The summed E-state index contributed by atoms with van der Waals surface area (Å²) in [6.45, 7) is 2.50. The fourth-order valence-corrected chi connectivity index (χ4v) is 2.50. The van der Waals surface area contributed by atoms with E-state index in [9.17, 15) is 4.79 Å². The van der Waals surface area contributed by atoms with Gasteiger partial charge in [-0.25, -0.2) is 4.98 Å². The van der Waals surface area contributed by atoms with Crippen LogP contribution in [0.3, 0.4) is 0 Å². The topological polar surface area (TPSA) is 68.0 Å². The highest BCUT2D eigenvalue weighted by Crippen LogP contribution is 2.19. The third-order valence-electron chi connectivity index (χ3n) is 2.61. The normalized spacial score (nSPS) is 10.4. The Bertz CT molecular complexity index is 597. The van der Waals surface area contributed by atoms with Crippen LogP contribution < -0.4 is 11.1 Å². The summed E-state index contributed by atoms with van der Waals surface area (Å²) in [5, 5.41) is 4.09. The highest BCUT2D eigenvalue weighted by atomic mass is 35.5. The number of aromatic nitrogens is 1. The van der Waals surface area contributed by atoms with Gasteiger partial charge < -0.3 is 11.1 Å². The largest absolute Gasteiger partial charge is 0.398 e. The molecule has 0 unspecified atom stereocenters. The molecule has 0 aliphatic carbocycles. The van der Waals surface area contributed by atoms with E-state index in [-0.39, 0.29) is 5.91 Å². The lowest BCUT2D eigenvalue weighted by Gasteiger charge is -2.04. The van der Waals surface area contributed by atoms with E-state index in [1.165, 1.54) is 4.88 Å². The van der Waals surface area contributed by atoms with Gasteiger partial charge in [0.05, 0.1) is 17.3 Å². The number of nitrogen functional groups attached to an aromatic ring is 1. The molecule has 100 valence electrons. The molecule has 1 aromatic heterocycles. The number of nitrogens with zero attached hydrogens (tertiary/aromatic N) is 1. The molecule has 0 radical (unpaired) electrons. The van der Waals surface area contributed by atoms with Gasteiger partial charge in [0.1, 0.15) is 5.01 Å². The number of nitrogens with two attached hydrogens (primary N) is 1. The number of nitrogens with one attached hydrogen (secondary N) is 1. The molecular weight excluding hydrogens is 282 g/mol. The average Bonchev–Trinajstić information content (AvgIpc) is 2.87. The fraction of sp³-hybridized carbons (Fsp3) is 0.231. The van der Waals surface area contributed by atoms with Crippen LogP contribution in [0.2, 0.25) is 5.02 Å². The monoisotopic (exact) mass is 295 g/mol. The number of rotatable bonds is 4. The highest BCUT2D eigenvalue weighted by molar-refractivity contribution is 7.11. The van der Waals surface area contributed by atoms with E-state index in [1.54, 1.807) is 29.5 Å². The van der Waals surface area contributed by atoms with Gasteiger partial charge in [-0.1, -0.05) is 18.5 Å². The Morgan fingerprint density at radius 2 is 2.32 bits per heavy atom. The Kier molecular flexibility index (Phi) is 4.39. The van der Waals surface area contributed by atoms with Crippen molar-refractivity contribution in [3.8, 4) is 0 Å². The first kappa shape index (κ1) is 13.8. The smallest absolute Gasteiger partial charge is 0.251 e. The number of carbonyl (C=O) groups excluding carboxylic acids is 1. The summed E-state index contributed by atoms with van der Waals surface area (Å²) in [4.78, 5) is 17.4. The molecule has 1 heterocycles. The van der Waals surface area contributed by atoms with Crippen molar-refractivity contribution in [2.45, 2.75) is 19.9 Å². The molecule has 0 saturated carbocycles. The van der Waals surface area contributed by atoms with E-state index in [0.29, 0.717) is 22.8 Å². The lowest BCUT2D eigenvalue weighted by atomic mass is 10.2. The average molecular weight is 296 g/mol. The molecular formula is C13H14ClN3OS. The van der Waals surface area contributed by atoms with Crippen molar-refractivity contribution in [3.05, 3.63) is 44.9 Å². The number of anilines is 1. The minimum absolute atomic E-state index is 0.185. The second kappa shape index (κ2) is 6.04. The van der Waals surface area contributed by atoms with Gasteiger partial charge in [-0.05, 0) is 24.6 Å².